The third kappa shape index (κ3) is 5.10. The van der Waals surface area contributed by atoms with Crippen LogP contribution in [0.1, 0.15) is 28.7 Å². The first-order valence-electron chi connectivity index (χ1n) is 9.45. The van der Waals surface area contributed by atoms with Crippen LogP contribution in [0.15, 0.2) is 72.8 Å². The zero-order valence-electron chi connectivity index (χ0n) is 15.5. The maximum atomic E-state index is 6.05. The van der Waals surface area contributed by atoms with Gasteiger partial charge in [0.2, 0.25) is 0 Å². The highest BCUT2D eigenvalue weighted by Crippen LogP contribution is 2.49. The maximum absolute atomic E-state index is 6.05. The maximum Gasteiger partial charge on any atom is 0.0661 e. The summed E-state index contributed by atoms with van der Waals surface area (Å²) in [5.41, 5.74) is 5.68. The Labute approximate surface area is 186 Å². The molecule has 0 saturated carbocycles. The molecule has 4 heteroatoms. The summed E-state index contributed by atoms with van der Waals surface area (Å²) >= 11 is 16.3. The van der Waals surface area contributed by atoms with Gasteiger partial charge in [-0.15, -0.1) is 23.5 Å². The molecule has 0 radical (unpaired) electrons. The molecule has 0 amide bonds. The summed E-state index contributed by atoms with van der Waals surface area (Å²) in [6, 6.07) is 25.4. The van der Waals surface area contributed by atoms with Crippen molar-refractivity contribution in [2.75, 3.05) is 0 Å². The molecule has 28 heavy (non-hydrogen) atoms. The Morgan fingerprint density at radius 1 is 0.679 bits per heavy atom. The highest BCUT2D eigenvalue weighted by Gasteiger charge is 2.35. The van der Waals surface area contributed by atoms with Crippen LogP contribution in [0.25, 0.3) is 0 Å². The molecule has 0 N–H and O–H groups in total. The first-order valence-corrected chi connectivity index (χ1v) is 12.2. The van der Waals surface area contributed by atoms with Gasteiger partial charge in [0.15, 0.2) is 0 Å². The quantitative estimate of drug-likeness (QED) is 0.352. The number of thioether (sulfide) groups is 2. The van der Waals surface area contributed by atoms with Crippen molar-refractivity contribution in [3.8, 4) is 0 Å². The molecule has 1 aliphatic rings. The molecule has 0 spiro atoms. The lowest BCUT2D eigenvalue weighted by molar-refractivity contribution is 0.660. The number of benzene rings is 3. The second-order valence-electron chi connectivity index (χ2n) is 7.19. The van der Waals surface area contributed by atoms with Crippen molar-refractivity contribution < 1.29 is 0 Å². The van der Waals surface area contributed by atoms with Crippen molar-refractivity contribution in [2.24, 2.45) is 0 Å². The molecular formula is C24H22Cl2S2. The van der Waals surface area contributed by atoms with Gasteiger partial charge in [0.05, 0.1) is 4.08 Å². The zero-order valence-corrected chi connectivity index (χ0v) is 18.7. The molecule has 0 unspecified atom stereocenters. The molecule has 3 aromatic rings. The van der Waals surface area contributed by atoms with E-state index < -0.39 is 0 Å². The number of hydrogen-bond donors (Lipinski definition) is 0. The van der Waals surface area contributed by atoms with Gasteiger partial charge in [0.1, 0.15) is 0 Å². The summed E-state index contributed by atoms with van der Waals surface area (Å²) in [7, 11) is 0. The van der Waals surface area contributed by atoms with Crippen LogP contribution >= 0.6 is 46.7 Å². The van der Waals surface area contributed by atoms with Crippen LogP contribution in [-0.2, 0) is 24.3 Å². The van der Waals surface area contributed by atoms with Gasteiger partial charge in [-0.1, -0.05) is 71.7 Å². The molecule has 0 fully saturated rings. The van der Waals surface area contributed by atoms with Crippen LogP contribution in [0.2, 0.25) is 10.0 Å². The first-order chi connectivity index (χ1) is 13.6. The highest BCUT2D eigenvalue weighted by atomic mass is 35.5. The first kappa shape index (κ1) is 20.2. The second-order valence-corrected chi connectivity index (χ2v) is 11.0. The third-order valence-corrected chi connectivity index (χ3v) is 9.10. The summed E-state index contributed by atoms with van der Waals surface area (Å²) in [6.07, 6.45) is 3.46. The van der Waals surface area contributed by atoms with E-state index in [0.717, 1.165) is 34.4 Å². The Hall–Kier alpha value is -1.06. The predicted molar refractivity (Wildman–Crippen MR) is 127 cm³/mol. The third-order valence-electron chi connectivity index (χ3n) is 5.18. The number of aryl methyl sites for hydroxylation is 1. The average Bonchev–Trinajstić information content (AvgIpc) is 2.73. The van der Waals surface area contributed by atoms with Crippen molar-refractivity contribution in [3.05, 3.63) is 105 Å². The molecule has 3 aromatic carbocycles. The number of halogens is 2. The standard InChI is InChI=1S/C24H22Cl2S2/c25-22-9-5-18(6-10-22)16-27-24(28-17-19-7-11-23(26)12-8-19)14-13-20-3-1-2-4-21(20)15-24/h1-12H,13-17H2. The second kappa shape index (κ2) is 9.17. The van der Waals surface area contributed by atoms with E-state index in [2.05, 4.69) is 72.1 Å². The van der Waals surface area contributed by atoms with Gasteiger partial charge >= 0.3 is 0 Å². The van der Waals surface area contributed by atoms with Crippen molar-refractivity contribution >= 4 is 46.7 Å². The van der Waals surface area contributed by atoms with E-state index >= 15 is 0 Å². The van der Waals surface area contributed by atoms with E-state index in [1.807, 2.05) is 24.3 Å². The Balaban J connectivity index is 1.52. The zero-order chi connectivity index (χ0) is 19.4. The Kier molecular flexibility index (Phi) is 6.62. The molecule has 0 aliphatic heterocycles. The summed E-state index contributed by atoms with van der Waals surface area (Å²) in [6.45, 7) is 0. The molecule has 0 nitrogen and oxygen atoms in total. The van der Waals surface area contributed by atoms with Gasteiger partial charge in [-0.25, -0.2) is 0 Å². The Bertz CT molecular complexity index is 871. The number of rotatable bonds is 6. The monoisotopic (exact) mass is 444 g/mol. The topological polar surface area (TPSA) is 0 Å². The average molecular weight is 445 g/mol. The lowest BCUT2D eigenvalue weighted by atomic mass is 9.91. The molecule has 0 atom stereocenters. The molecule has 0 heterocycles. The van der Waals surface area contributed by atoms with Crippen molar-refractivity contribution in [3.63, 3.8) is 0 Å². The SMILES string of the molecule is Clc1ccc(CSC2(SCc3ccc(Cl)cc3)CCc3ccccc3C2)cc1. The minimum Gasteiger partial charge on any atom is -0.139 e. The van der Waals surface area contributed by atoms with Gasteiger partial charge in [0.25, 0.3) is 0 Å². The lowest BCUT2D eigenvalue weighted by Gasteiger charge is -2.37. The molecule has 0 bridgehead atoms. The molecule has 4 rings (SSSR count). The van der Waals surface area contributed by atoms with E-state index in [9.17, 15) is 0 Å². The fourth-order valence-electron chi connectivity index (χ4n) is 3.56. The fraction of sp³-hybridized carbons (Fsp3) is 0.250. The van der Waals surface area contributed by atoms with E-state index in [0.29, 0.717) is 0 Å². The summed E-state index contributed by atoms with van der Waals surface area (Å²) in [5, 5.41) is 1.60. The number of hydrogen-bond acceptors (Lipinski definition) is 2. The van der Waals surface area contributed by atoms with Crippen LogP contribution in [-0.4, -0.2) is 4.08 Å². The molecule has 0 saturated heterocycles. The van der Waals surface area contributed by atoms with Gasteiger partial charge in [0, 0.05) is 21.6 Å². The van der Waals surface area contributed by atoms with Crippen molar-refractivity contribution in [1.29, 1.82) is 0 Å². The number of fused-ring (bicyclic) bond motifs is 1. The predicted octanol–water partition coefficient (Wildman–Crippen LogP) is 8.05. The Morgan fingerprint density at radius 2 is 1.18 bits per heavy atom. The minimum absolute atomic E-state index is 0.188. The van der Waals surface area contributed by atoms with Gasteiger partial charge < -0.3 is 0 Å². The van der Waals surface area contributed by atoms with Crippen molar-refractivity contribution in [2.45, 2.75) is 34.8 Å². The smallest absolute Gasteiger partial charge is 0.0661 e. The van der Waals surface area contributed by atoms with Gasteiger partial charge in [-0.2, -0.15) is 0 Å². The highest BCUT2D eigenvalue weighted by molar-refractivity contribution is 8.17. The van der Waals surface area contributed by atoms with Crippen molar-refractivity contribution in [1.82, 2.24) is 0 Å². The lowest BCUT2D eigenvalue weighted by Crippen LogP contribution is -2.29. The van der Waals surface area contributed by atoms with Crippen LogP contribution in [0.5, 0.6) is 0 Å². The van der Waals surface area contributed by atoms with E-state index in [4.69, 9.17) is 23.2 Å². The van der Waals surface area contributed by atoms with Gasteiger partial charge in [-0.05, 0) is 65.8 Å². The summed E-state index contributed by atoms with van der Waals surface area (Å²) < 4.78 is 0.188. The van der Waals surface area contributed by atoms with Crippen LogP contribution in [0.3, 0.4) is 0 Å². The molecular weight excluding hydrogens is 423 g/mol. The van der Waals surface area contributed by atoms with Crippen LogP contribution in [0.4, 0.5) is 0 Å². The van der Waals surface area contributed by atoms with Crippen LogP contribution < -0.4 is 0 Å². The largest absolute Gasteiger partial charge is 0.139 e. The van der Waals surface area contributed by atoms with E-state index in [-0.39, 0.29) is 4.08 Å². The fourth-order valence-corrected chi connectivity index (χ4v) is 6.75. The summed E-state index contributed by atoms with van der Waals surface area (Å²) in [5.74, 6) is 2.01. The molecule has 0 aromatic heterocycles. The molecule has 144 valence electrons. The van der Waals surface area contributed by atoms with Gasteiger partial charge in [-0.3, -0.25) is 0 Å². The minimum atomic E-state index is 0.188. The Morgan fingerprint density at radius 3 is 1.71 bits per heavy atom. The van der Waals surface area contributed by atoms with E-state index in [1.54, 1.807) is 0 Å². The van der Waals surface area contributed by atoms with E-state index in [1.165, 1.54) is 28.7 Å². The normalized spacial score (nSPS) is 15.2. The summed E-state index contributed by atoms with van der Waals surface area (Å²) in [4.78, 5) is 0. The molecule has 1 aliphatic carbocycles. The van der Waals surface area contributed by atoms with Crippen LogP contribution in [0, 0.1) is 0 Å².